The number of hydrogen-bond donors (Lipinski definition) is 0. The molecule has 0 spiro atoms. The molecule has 0 atom stereocenters. The first kappa shape index (κ1) is 17.2. The van der Waals surface area contributed by atoms with Crippen molar-refractivity contribution in [1.82, 2.24) is 0 Å². The average molecular weight is 337 g/mol. The van der Waals surface area contributed by atoms with Crippen LogP contribution in [0.15, 0.2) is 54.6 Å². The molecule has 1 aliphatic heterocycles. The third-order valence-electron chi connectivity index (χ3n) is 4.15. The molecule has 2 aromatic rings. The van der Waals surface area contributed by atoms with Crippen molar-refractivity contribution in [3.63, 3.8) is 0 Å². The number of carbonyl (C=O) groups excluding carboxylic acids is 1. The summed E-state index contributed by atoms with van der Waals surface area (Å²) in [6.07, 6.45) is 3.44. The first-order valence-corrected chi connectivity index (χ1v) is 8.64. The molecule has 4 nitrogen and oxygen atoms in total. The molecule has 0 radical (unpaired) electrons. The number of nitrogens with zero attached hydrogens (tertiary/aromatic N) is 1. The summed E-state index contributed by atoms with van der Waals surface area (Å²) in [5, 5.41) is 0. The zero-order valence-electron chi connectivity index (χ0n) is 14.5. The lowest BCUT2D eigenvalue weighted by molar-refractivity contribution is 0.104. The first-order valence-electron chi connectivity index (χ1n) is 8.64. The van der Waals surface area contributed by atoms with Gasteiger partial charge in [0.05, 0.1) is 19.8 Å². The highest BCUT2D eigenvalue weighted by molar-refractivity contribution is 6.07. The highest BCUT2D eigenvalue weighted by Gasteiger charge is 2.11. The van der Waals surface area contributed by atoms with Crippen LogP contribution in [0.3, 0.4) is 0 Å². The van der Waals surface area contributed by atoms with Crippen molar-refractivity contribution in [1.29, 1.82) is 0 Å². The van der Waals surface area contributed by atoms with Crippen LogP contribution >= 0.6 is 0 Å². The quantitative estimate of drug-likeness (QED) is 0.593. The predicted molar refractivity (Wildman–Crippen MR) is 100 cm³/mol. The maximum atomic E-state index is 12.3. The Balaban J connectivity index is 1.62. The van der Waals surface area contributed by atoms with E-state index in [1.807, 2.05) is 61.5 Å². The number of carbonyl (C=O) groups is 1. The second kappa shape index (κ2) is 8.49. The summed E-state index contributed by atoms with van der Waals surface area (Å²) in [4.78, 5) is 14.6. The molecule has 25 heavy (non-hydrogen) atoms. The van der Waals surface area contributed by atoms with Crippen LogP contribution < -0.4 is 9.64 Å². The molecule has 3 rings (SSSR count). The lowest BCUT2D eigenvalue weighted by Crippen LogP contribution is -2.36. The van der Waals surface area contributed by atoms with Crippen molar-refractivity contribution < 1.29 is 14.3 Å². The molecule has 1 aliphatic rings. The van der Waals surface area contributed by atoms with Crippen molar-refractivity contribution in [2.24, 2.45) is 0 Å². The first-order chi connectivity index (χ1) is 12.3. The standard InChI is InChI=1S/C21H23NO3/c1-2-25-20-10-3-17(4-11-20)5-12-21(23)18-6-8-19(9-7-18)22-13-15-24-16-14-22/h3-12H,2,13-16H2,1H3/b12-5-. The summed E-state index contributed by atoms with van der Waals surface area (Å²) in [5.41, 5.74) is 2.80. The number of ketones is 1. The van der Waals surface area contributed by atoms with E-state index in [-0.39, 0.29) is 5.78 Å². The maximum absolute atomic E-state index is 12.3. The van der Waals surface area contributed by atoms with Gasteiger partial charge in [0, 0.05) is 24.3 Å². The number of anilines is 1. The predicted octanol–water partition coefficient (Wildman–Crippen LogP) is 3.82. The molecular weight excluding hydrogens is 314 g/mol. The molecule has 0 N–H and O–H groups in total. The molecule has 2 aromatic carbocycles. The van der Waals surface area contributed by atoms with Crippen LogP contribution in [0.1, 0.15) is 22.8 Å². The van der Waals surface area contributed by atoms with Gasteiger partial charge in [0.15, 0.2) is 5.78 Å². The summed E-state index contributed by atoms with van der Waals surface area (Å²) in [6.45, 7) is 5.90. The van der Waals surface area contributed by atoms with Gasteiger partial charge >= 0.3 is 0 Å². The van der Waals surface area contributed by atoms with E-state index in [0.29, 0.717) is 12.2 Å². The Morgan fingerprint density at radius 1 is 1.08 bits per heavy atom. The molecule has 0 aromatic heterocycles. The van der Waals surface area contributed by atoms with E-state index >= 15 is 0 Å². The molecule has 0 amide bonds. The van der Waals surface area contributed by atoms with E-state index in [9.17, 15) is 4.79 Å². The van der Waals surface area contributed by atoms with Gasteiger partial charge in [0.25, 0.3) is 0 Å². The molecule has 1 fully saturated rings. The number of allylic oxidation sites excluding steroid dienone is 1. The Labute approximate surface area is 148 Å². The van der Waals surface area contributed by atoms with Gasteiger partial charge in [0.2, 0.25) is 0 Å². The fraction of sp³-hybridized carbons (Fsp3) is 0.286. The maximum Gasteiger partial charge on any atom is 0.185 e. The lowest BCUT2D eigenvalue weighted by atomic mass is 10.1. The average Bonchev–Trinajstić information content (AvgIpc) is 2.68. The Bertz CT molecular complexity index is 714. The fourth-order valence-electron chi connectivity index (χ4n) is 2.77. The number of hydrogen-bond acceptors (Lipinski definition) is 4. The molecule has 1 heterocycles. The summed E-state index contributed by atoms with van der Waals surface area (Å²) in [5.74, 6) is 0.840. The number of morpholine rings is 1. The van der Waals surface area contributed by atoms with E-state index in [4.69, 9.17) is 9.47 Å². The minimum Gasteiger partial charge on any atom is -0.494 e. The van der Waals surface area contributed by atoms with Gasteiger partial charge in [-0.2, -0.15) is 0 Å². The summed E-state index contributed by atoms with van der Waals surface area (Å²) in [6, 6.07) is 15.5. The highest BCUT2D eigenvalue weighted by atomic mass is 16.5. The van der Waals surface area contributed by atoms with Gasteiger partial charge in [-0.05, 0) is 55.0 Å². The second-order valence-corrected chi connectivity index (χ2v) is 5.85. The van der Waals surface area contributed by atoms with Crippen molar-refractivity contribution in [3.8, 4) is 5.75 Å². The monoisotopic (exact) mass is 337 g/mol. The summed E-state index contributed by atoms with van der Waals surface area (Å²) in [7, 11) is 0. The Morgan fingerprint density at radius 2 is 1.76 bits per heavy atom. The van der Waals surface area contributed by atoms with Crippen LogP contribution in [0.4, 0.5) is 5.69 Å². The Morgan fingerprint density at radius 3 is 2.40 bits per heavy atom. The zero-order valence-corrected chi connectivity index (χ0v) is 14.5. The van der Waals surface area contributed by atoms with Gasteiger partial charge in [-0.3, -0.25) is 4.79 Å². The molecule has 0 bridgehead atoms. The van der Waals surface area contributed by atoms with Gasteiger partial charge in [0.1, 0.15) is 5.75 Å². The summed E-state index contributed by atoms with van der Waals surface area (Å²) < 4.78 is 10.8. The Kier molecular flexibility index (Phi) is 5.86. The molecule has 1 saturated heterocycles. The third kappa shape index (κ3) is 4.70. The van der Waals surface area contributed by atoms with Crippen LogP contribution in [0.2, 0.25) is 0 Å². The van der Waals surface area contributed by atoms with E-state index in [0.717, 1.165) is 43.3 Å². The number of rotatable bonds is 6. The summed E-state index contributed by atoms with van der Waals surface area (Å²) >= 11 is 0. The molecular formula is C21H23NO3. The van der Waals surface area contributed by atoms with Crippen LogP contribution in [-0.2, 0) is 4.74 Å². The fourth-order valence-corrected chi connectivity index (χ4v) is 2.77. The van der Waals surface area contributed by atoms with E-state index in [2.05, 4.69) is 4.90 Å². The SMILES string of the molecule is CCOc1ccc(/C=C\C(=O)c2ccc(N3CCOCC3)cc2)cc1. The van der Waals surface area contributed by atoms with Crippen molar-refractivity contribution in [2.45, 2.75) is 6.92 Å². The normalized spacial score (nSPS) is 14.7. The molecule has 4 heteroatoms. The van der Waals surface area contributed by atoms with Gasteiger partial charge in [-0.25, -0.2) is 0 Å². The molecule has 0 aliphatic carbocycles. The molecule has 130 valence electrons. The zero-order chi connectivity index (χ0) is 17.5. The van der Waals surface area contributed by atoms with E-state index in [1.54, 1.807) is 6.08 Å². The van der Waals surface area contributed by atoms with Crippen molar-refractivity contribution in [2.75, 3.05) is 37.8 Å². The van der Waals surface area contributed by atoms with Gasteiger partial charge in [-0.1, -0.05) is 18.2 Å². The van der Waals surface area contributed by atoms with Crippen LogP contribution in [0.25, 0.3) is 6.08 Å². The second-order valence-electron chi connectivity index (χ2n) is 5.85. The smallest absolute Gasteiger partial charge is 0.185 e. The van der Waals surface area contributed by atoms with Crippen LogP contribution in [0, 0.1) is 0 Å². The molecule has 0 unspecified atom stereocenters. The largest absolute Gasteiger partial charge is 0.494 e. The Hall–Kier alpha value is -2.59. The minimum atomic E-state index is 0.00223. The van der Waals surface area contributed by atoms with Crippen LogP contribution in [-0.4, -0.2) is 38.7 Å². The lowest BCUT2D eigenvalue weighted by Gasteiger charge is -2.28. The highest BCUT2D eigenvalue weighted by Crippen LogP contribution is 2.18. The minimum absolute atomic E-state index is 0.00223. The van der Waals surface area contributed by atoms with Gasteiger partial charge < -0.3 is 14.4 Å². The van der Waals surface area contributed by atoms with Crippen molar-refractivity contribution >= 4 is 17.5 Å². The number of benzene rings is 2. The van der Waals surface area contributed by atoms with Crippen molar-refractivity contribution in [3.05, 3.63) is 65.7 Å². The van der Waals surface area contributed by atoms with Crippen LogP contribution in [0.5, 0.6) is 5.75 Å². The van der Waals surface area contributed by atoms with E-state index in [1.165, 1.54) is 0 Å². The number of ether oxygens (including phenoxy) is 2. The van der Waals surface area contributed by atoms with E-state index < -0.39 is 0 Å². The topological polar surface area (TPSA) is 38.8 Å². The van der Waals surface area contributed by atoms with Gasteiger partial charge in [-0.15, -0.1) is 0 Å². The third-order valence-corrected chi connectivity index (χ3v) is 4.15. The molecule has 0 saturated carbocycles.